The molecule has 1 aliphatic rings. The first-order valence-electron chi connectivity index (χ1n) is 10.5. The molecule has 0 radical (unpaired) electrons. The molecule has 1 aliphatic heterocycles. The normalized spacial score (nSPS) is 15.4. The molecule has 0 unspecified atom stereocenters. The summed E-state index contributed by atoms with van der Waals surface area (Å²) < 4.78 is 43.7. The molecule has 9 heteroatoms. The van der Waals surface area contributed by atoms with Crippen molar-refractivity contribution in [3.63, 3.8) is 0 Å². The van der Waals surface area contributed by atoms with Crippen molar-refractivity contribution in [3.05, 3.63) is 65.2 Å². The standard InChI is InChI=1S/C23H27F3N4O2/c1-2-17-5-3-4-6-20(17)28-22(27-11-12-30-13-15-32-16-14-30)29-21(31)18-7-9-19(10-8-18)23(24,25)26/h3-10H,2,11-16H2,1H3,(H2,27,28,29,31). The summed E-state index contributed by atoms with van der Waals surface area (Å²) in [7, 11) is 0. The van der Waals surface area contributed by atoms with E-state index in [1.165, 1.54) is 0 Å². The molecule has 1 amide bonds. The average Bonchev–Trinajstić information content (AvgIpc) is 2.79. The van der Waals surface area contributed by atoms with Crippen LogP contribution < -0.4 is 10.6 Å². The van der Waals surface area contributed by atoms with Crippen molar-refractivity contribution in [1.29, 1.82) is 0 Å². The predicted molar refractivity (Wildman–Crippen MR) is 118 cm³/mol. The molecule has 1 fully saturated rings. The predicted octanol–water partition coefficient (Wildman–Crippen LogP) is 3.80. The molecule has 2 aromatic carbocycles. The third-order valence-electron chi connectivity index (χ3n) is 5.15. The molecule has 32 heavy (non-hydrogen) atoms. The molecule has 1 saturated heterocycles. The van der Waals surface area contributed by atoms with E-state index in [4.69, 9.17) is 4.74 Å². The first-order valence-corrected chi connectivity index (χ1v) is 10.5. The average molecular weight is 448 g/mol. The zero-order valence-electron chi connectivity index (χ0n) is 17.9. The minimum atomic E-state index is -4.45. The molecule has 0 saturated carbocycles. The number of alkyl halides is 3. The Morgan fingerprint density at radius 2 is 1.78 bits per heavy atom. The van der Waals surface area contributed by atoms with E-state index in [0.717, 1.165) is 55.0 Å². The number of carbonyl (C=O) groups is 1. The third kappa shape index (κ3) is 6.80. The first kappa shape index (κ1) is 23.7. The molecule has 2 N–H and O–H groups in total. The molecule has 3 rings (SSSR count). The van der Waals surface area contributed by atoms with Crippen molar-refractivity contribution in [3.8, 4) is 0 Å². The van der Waals surface area contributed by atoms with Crippen LogP contribution in [0.1, 0.15) is 28.4 Å². The number of aliphatic imine (C=N–C) groups is 1. The van der Waals surface area contributed by atoms with E-state index < -0.39 is 17.6 Å². The number of ether oxygens (including phenoxy) is 1. The molecule has 172 valence electrons. The quantitative estimate of drug-likeness (QED) is 0.521. The summed E-state index contributed by atoms with van der Waals surface area (Å²) in [6.07, 6.45) is -3.66. The molecular formula is C23H27F3N4O2. The minimum absolute atomic E-state index is 0.115. The van der Waals surface area contributed by atoms with Gasteiger partial charge in [0.1, 0.15) is 0 Å². The summed E-state index contributed by atoms with van der Waals surface area (Å²) in [6.45, 7) is 6.21. The van der Waals surface area contributed by atoms with E-state index >= 15 is 0 Å². The Morgan fingerprint density at radius 3 is 2.44 bits per heavy atom. The van der Waals surface area contributed by atoms with Gasteiger partial charge in [-0.3, -0.25) is 20.0 Å². The topological polar surface area (TPSA) is 66.0 Å². The number of halogens is 3. The summed E-state index contributed by atoms with van der Waals surface area (Å²) in [6, 6.07) is 11.8. The van der Waals surface area contributed by atoms with Crippen LogP contribution in [-0.2, 0) is 17.3 Å². The zero-order valence-corrected chi connectivity index (χ0v) is 17.9. The summed E-state index contributed by atoms with van der Waals surface area (Å²) >= 11 is 0. The lowest BCUT2D eigenvalue weighted by molar-refractivity contribution is -0.137. The molecule has 1 heterocycles. The van der Waals surface area contributed by atoms with Crippen LogP contribution in [0.2, 0.25) is 0 Å². The van der Waals surface area contributed by atoms with Crippen LogP contribution in [0.25, 0.3) is 0 Å². The molecule has 0 aliphatic carbocycles. The summed E-state index contributed by atoms with van der Waals surface area (Å²) in [5, 5.41) is 5.87. The van der Waals surface area contributed by atoms with Crippen LogP contribution in [0, 0.1) is 0 Å². The lowest BCUT2D eigenvalue weighted by atomic mass is 10.1. The Kier molecular flexibility index (Phi) is 8.24. The van der Waals surface area contributed by atoms with Crippen LogP contribution in [0.3, 0.4) is 0 Å². The number of benzene rings is 2. The minimum Gasteiger partial charge on any atom is -0.379 e. The van der Waals surface area contributed by atoms with E-state index in [9.17, 15) is 18.0 Å². The van der Waals surface area contributed by atoms with Gasteiger partial charge in [-0.25, -0.2) is 0 Å². The Morgan fingerprint density at radius 1 is 1.09 bits per heavy atom. The number of carbonyl (C=O) groups excluding carboxylic acids is 1. The van der Waals surface area contributed by atoms with E-state index in [1.54, 1.807) is 0 Å². The fourth-order valence-electron chi connectivity index (χ4n) is 3.31. The van der Waals surface area contributed by atoms with Gasteiger partial charge in [-0.2, -0.15) is 13.2 Å². The Balaban J connectivity index is 1.73. The highest BCUT2D eigenvalue weighted by Gasteiger charge is 2.30. The molecule has 0 aromatic heterocycles. The van der Waals surface area contributed by atoms with Crippen molar-refractivity contribution in [2.24, 2.45) is 4.99 Å². The van der Waals surface area contributed by atoms with Gasteiger partial charge in [-0.05, 0) is 42.3 Å². The van der Waals surface area contributed by atoms with Crippen LogP contribution in [0.4, 0.5) is 18.9 Å². The highest BCUT2D eigenvalue weighted by Crippen LogP contribution is 2.29. The van der Waals surface area contributed by atoms with Gasteiger partial charge >= 0.3 is 6.18 Å². The number of morpholine rings is 1. The van der Waals surface area contributed by atoms with Crippen LogP contribution in [-0.4, -0.2) is 56.2 Å². The maximum absolute atomic E-state index is 12.8. The lowest BCUT2D eigenvalue weighted by Crippen LogP contribution is -2.39. The van der Waals surface area contributed by atoms with Crippen molar-refractivity contribution in [2.45, 2.75) is 19.5 Å². The number of nitrogens with zero attached hydrogens (tertiary/aromatic N) is 2. The number of para-hydroxylation sites is 1. The zero-order chi connectivity index (χ0) is 23.0. The Hall–Kier alpha value is -2.91. The number of anilines is 1. The molecule has 2 aromatic rings. The van der Waals surface area contributed by atoms with E-state index in [-0.39, 0.29) is 11.5 Å². The fraction of sp³-hybridized carbons (Fsp3) is 0.391. The van der Waals surface area contributed by atoms with Gasteiger partial charge in [0, 0.05) is 30.9 Å². The largest absolute Gasteiger partial charge is 0.416 e. The maximum Gasteiger partial charge on any atom is 0.416 e. The molecule has 6 nitrogen and oxygen atoms in total. The van der Waals surface area contributed by atoms with Gasteiger partial charge in [0.25, 0.3) is 5.91 Å². The number of nitrogens with one attached hydrogen (secondary N) is 2. The highest BCUT2D eigenvalue weighted by molar-refractivity contribution is 6.10. The SMILES string of the molecule is CCc1ccccc1NC(=NCCN1CCOCC1)NC(=O)c1ccc(C(F)(F)F)cc1. The number of hydrogen-bond donors (Lipinski definition) is 2. The van der Waals surface area contributed by atoms with Gasteiger partial charge in [0.2, 0.25) is 5.96 Å². The van der Waals surface area contributed by atoms with Crippen LogP contribution in [0.15, 0.2) is 53.5 Å². The molecular weight excluding hydrogens is 421 g/mol. The smallest absolute Gasteiger partial charge is 0.379 e. The number of rotatable bonds is 6. The summed E-state index contributed by atoms with van der Waals surface area (Å²) in [5.74, 6) is -0.283. The lowest BCUT2D eigenvalue weighted by Gasteiger charge is -2.25. The van der Waals surface area contributed by atoms with Crippen LogP contribution in [0.5, 0.6) is 0 Å². The van der Waals surface area contributed by atoms with Crippen molar-refractivity contribution in [2.75, 3.05) is 44.7 Å². The Labute approximate surface area is 185 Å². The third-order valence-corrected chi connectivity index (χ3v) is 5.15. The summed E-state index contributed by atoms with van der Waals surface area (Å²) in [5.41, 5.74) is 1.18. The van der Waals surface area contributed by atoms with Crippen molar-refractivity contribution in [1.82, 2.24) is 10.2 Å². The second-order valence-electron chi connectivity index (χ2n) is 7.35. The maximum atomic E-state index is 12.8. The number of hydrogen-bond acceptors (Lipinski definition) is 4. The van der Waals surface area contributed by atoms with E-state index in [2.05, 4.69) is 20.5 Å². The monoisotopic (exact) mass is 448 g/mol. The van der Waals surface area contributed by atoms with Crippen LogP contribution >= 0.6 is 0 Å². The number of guanidine groups is 1. The van der Waals surface area contributed by atoms with Gasteiger partial charge in [-0.15, -0.1) is 0 Å². The first-order chi connectivity index (χ1) is 15.4. The van der Waals surface area contributed by atoms with E-state index in [1.807, 2.05) is 31.2 Å². The van der Waals surface area contributed by atoms with E-state index in [0.29, 0.717) is 26.3 Å². The van der Waals surface area contributed by atoms with Gasteiger partial charge < -0.3 is 10.1 Å². The van der Waals surface area contributed by atoms with Gasteiger partial charge in [-0.1, -0.05) is 25.1 Å². The Bertz CT molecular complexity index is 924. The van der Waals surface area contributed by atoms with Gasteiger partial charge in [0.05, 0.1) is 25.3 Å². The summed E-state index contributed by atoms with van der Waals surface area (Å²) in [4.78, 5) is 19.4. The molecule has 0 atom stereocenters. The molecule has 0 spiro atoms. The second-order valence-corrected chi connectivity index (χ2v) is 7.35. The van der Waals surface area contributed by atoms with Crippen molar-refractivity contribution >= 4 is 17.6 Å². The highest BCUT2D eigenvalue weighted by atomic mass is 19.4. The fourth-order valence-corrected chi connectivity index (χ4v) is 3.31. The number of aryl methyl sites for hydroxylation is 1. The van der Waals surface area contributed by atoms with Crippen molar-refractivity contribution < 1.29 is 22.7 Å². The second kappa shape index (κ2) is 11.1. The number of amides is 1. The van der Waals surface area contributed by atoms with Gasteiger partial charge in [0.15, 0.2) is 0 Å². The molecule has 0 bridgehead atoms.